The first-order valence-electron chi connectivity index (χ1n) is 7.13. The van der Waals surface area contributed by atoms with Crippen LogP contribution in [0.5, 0.6) is 0 Å². The first-order chi connectivity index (χ1) is 11.1. The average Bonchev–Trinajstić information content (AvgIpc) is 2.79. The molecule has 0 unspecified atom stereocenters. The highest BCUT2D eigenvalue weighted by atomic mass is 35.5. The van der Waals surface area contributed by atoms with E-state index >= 15 is 0 Å². The molecule has 1 aromatic heterocycles. The van der Waals surface area contributed by atoms with Gasteiger partial charge in [0, 0.05) is 11.2 Å². The molecule has 2 aromatic carbocycles. The molecule has 1 aliphatic rings. The van der Waals surface area contributed by atoms with Crippen molar-refractivity contribution < 1.29 is 9.59 Å². The minimum absolute atomic E-state index is 0.171. The second-order valence-electron chi connectivity index (χ2n) is 5.41. The quantitative estimate of drug-likeness (QED) is 0.676. The van der Waals surface area contributed by atoms with Crippen LogP contribution in [-0.2, 0) is 6.54 Å². The molecule has 4 rings (SSSR count). The number of amides is 2. The molecule has 4 nitrogen and oxygen atoms in total. The first kappa shape index (κ1) is 13.9. The molecular weight excluding hydrogens is 312 g/mol. The number of aromatic nitrogens is 1. The summed E-state index contributed by atoms with van der Waals surface area (Å²) >= 11 is 6.00. The lowest BCUT2D eigenvalue weighted by atomic mass is 10.0. The van der Waals surface area contributed by atoms with Gasteiger partial charge in [-0.2, -0.15) is 0 Å². The molecule has 0 bridgehead atoms. The Hall–Kier alpha value is -2.72. The van der Waals surface area contributed by atoms with E-state index < -0.39 is 0 Å². The maximum absolute atomic E-state index is 12.6. The number of nitrogens with zero attached hydrogens (tertiary/aromatic N) is 2. The van der Waals surface area contributed by atoms with Gasteiger partial charge >= 0.3 is 0 Å². The normalized spacial score (nSPS) is 13.7. The summed E-state index contributed by atoms with van der Waals surface area (Å²) < 4.78 is 0. The maximum atomic E-state index is 12.6. The summed E-state index contributed by atoms with van der Waals surface area (Å²) in [4.78, 5) is 30.6. The second-order valence-corrected chi connectivity index (χ2v) is 5.84. The van der Waals surface area contributed by atoms with Crippen LogP contribution in [-0.4, -0.2) is 21.7 Å². The fourth-order valence-corrected chi connectivity index (χ4v) is 2.98. The van der Waals surface area contributed by atoms with E-state index in [4.69, 9.17) is 11.6 Å². The van der Waals surface area contributed by atoms with E-state index in [9.17, 15) is 9.59 Å². The minimum Gasteiger partial charge on any atom is -0.269 e. The van der Waals surface area contributed by atoms with Gasteiger partial charge in [-0.1, -0.05) is 23.7 Å². The van der Waals surface area contributed by atoms with Crippen molar-refractivity contribution in [2.45, 2.75) is 6.54 Å². The van der Waals surface area contributed by atoms with Gasteiger partial charge in [-0.15, -0.1) is 0 Å². The Morgan fingerprint density at radius 1 is 0.913 bits per heavy atom. The molecule has 23 heavy (non-hydrogen) atoms. The van der Waals surface area contributed by atoms with Crippen LogP contribution in [0.2, 0.25) is 5.02 Å². The summed E-state index contributed by atoms with van der Waals surface area (Å²) in [6.45, 7) is 0.171. The van der Waals surface area contributed by atoms with E-state index in [1.807, 2.05) is 12.1 Å². The molecule has 0 spiro atoms. The van der Waals surface area contributed by atoms with Crippen LogP contribution in [0.3, 0.4) is 0 Å². The number of hydrogen-bond donors (Lipinski definition) is 0. The van der Waals surface area contributed by atoms with Gasteiger partial charge in [-0.05, 0) is 47.2 Å². The van der Waals surface area contributed by atoms with E-state index in [1.165, 1.54) is 4.90 Å². The maximum Gasteiger partial charge on any atom is 0.261 e. The number of rotatable bonds is 2. The lowest BCUT2D eigenvalue weighted by Crippen LogP contribution is -2.29. The topological polar surface area (TPSA) is 50.3 Å². The largest absolute Gasteiger partial charge is 0.269 e. The Morgan fingerprint density at radius 3 is 2.35 bits per heavy atom. The van der Waals surface area contributed by atoms with Crippen LogP contribution in [0.25, 0.3) is 10.8 Å². The van der Waals surface area contributed by atoms with Crippen LogP contribution >= 0.6 is 11.6 Å². The molecule has 0 N–H and O–H groups in total. The zero-order valence-corrected chi connectivity index (χ0v) is 12.7. The van der Waals surface area contributed by atoms with Gasteiger partial charge in [-0.3, -0.25) is 19.5 Å². The molecule has 0 atom stereocenters. The molecule has 0 radical (unpaired) electrons. The van der Waals surface area contributed by atoms with Crippen LogP contribution in [0.1, 0.15) is 26.4 Å². The molecule has 1 aliphatic heterocycles. The summed E-state index contributed by atoms with van der Waals surface area (Å²) in [5, 5.41) is 2.32. The standard InChI is InChI=1S/C18H11ClN2O2/c19-13-5-4-11-8-15-16(9-12(11)7-13)18(23)21(17(15)22)10-14-3-1-2-6-20-14/h1-9H,10H2. The van der Waals surface area contributed by atoms with Crippen molar-refractivity contribution in [3.63, 3.8) is 0 Å². The Kier molecular flexibility index (Phi) is 3.13. The van der Waals surface area contributed by atoms with Gasteiger partial charge in [0.15, 0.2) is 0 Å². The number of carbonyl (C=O) groups is 2. The molecule has 0 aliphatic carbocycles. The highest BCUT2D eigenvalue weighted by Crippen LogP contribution is 2.30. The molecule has 112 valence electrons. The predicted octanol–water partition coefficient (Wildman–Crippen LogP) is 3.68. The SMILES string of the molecule is O=C1c2cc3ccc(Cl)cc3cc2C(=O)N1Cc1ccccn1. The number of benzene rings is 2. The van der Waals surface area contributed by atoms with Crippen molar-refractivity contribution in [3.8, 4) is 0 Å². The van der Waals surface area contributed by atoms with Gasteiger partial charge in [-0.25, -0.2) is 0 Å². The van der Waals surface area contributed by atoms with Gasteiger partial charge in [0.25, 0.3) is 11.8 Å². The van der Waals surface area contributed by atoms with Crippen LogP contribution in [0, 0.1) is 0 Å². The zero-order chi connectivity index (χ0) is 16.0. The first-order valence-corrected chi connectivity index (χ1v) is 7.51. The Balaban J connectivity index is 1.78. The molecule has 2 heterocycles. The van der Waals surface area contributed by atoms with Crippen molar-refractivity contribution in [2.24, 2.45) is 0 Å². The Labute approximate surface area is 137 Å². The number of carbonyl (C=O) groups excluding carboxylic acids is 2. The zero-order valence-electron chi connectivity index (χ0n) is 12.0. The van der Waals surface area contributed by atoms with E-state index in [1.54, 1.807) is 42.6 Å². The third kappa shape index (κ3) is 2.28. The molecule has 5 heteroatoms. The van der Waals surface area contributed by atoms with E-state index in [2.05, 4.69) is 4.98 Å². The van der Waals surface area contributed by atoms with Gasteiger partial charge in [0.05, 0.1) is 23.4 Å². The number of imide groups is 1. The smallest absolute Gasteiger partial charge is 0.261 e. The van der Waals surface area contributed by atoms with E-state index in [0.717, 1.165) is 10.8 Å². The van der Waals surface area contributed by atoms with Crippen molar-refractivity contribution in [1.82, 2.24) is 9.88 Å². The van der Waals surface area contributed by atoms with Crippen molar-refractivity contribution in [2.75, 3.05) is 0 Å². The highest BCUT2D eigenvalue weighted by Gasteiger charge is 2.35. The molecule has 3 aromatic rings. The summed E-state index contributed by atoms with van der Waals surface area (Å²) in [5.74, 6) is -0.579. The van der Waals surface area contributed by atoms with E-state index in [-0.39, 0.29) is 18.4 Å². The molecule has 0 saturated heterocycles. The predicted molar refractivity (Wildman–Crippen MR) is 87.4 cm³/mol. The van der Waals surface area contributed by atoms with Crippen molar-refractivity contribution in [3.05, 3.63) is 76.6 Å². The lowest BCUT2D eigenvalue weighted by Gasteiger charge is -2.12. The molecule has 0 saturated carbocycles. The second kappa shape index (κ2) is 5.18. The Bertz CT molecular complexity index is 954. The van der Waals surface area contributed by atoms with E-state index in [0.29, 0.717) is 21.8 Å². The third-order valence-corrected chi connectivity index (χ3v) is 4.17. The van der Waals surface area contributed by atoms with Gasteiger partial charge < -0.3 is 0 Å². The van der Waals surface area contributed by atoms with Crippen LogP contribution in [0.4, 0.5) is 0 Å². The fraction of sp³-hybridized carbons (Fsp3) is 0.0556. The monoisotopic (exact) mass is 322 g/mol. The summed E-state index contributed by atoms with van der Waals surface area (Å²) in [7, 11) is 0. The van der Waals surface area contributed by atoms with Gasteiger partial charge in [0.2, 0.25) is 0 Å². The van der Waals surface area contributed by atoms with Crippen LogP contribution < -0.4 is 0 Å². The van der Waals surface area contributed by atoms with Crippen LogP contribution in [0.15, 0.2) is 54.7 Å². The summed E-state index contributed by atoms with van der Waals surface area (Å²) in [6.07, 6.45) is 1.64. The van der Waals surface area contributed by atoms with Gasteiger partial charge in [0.1, 0.15) is 0 Å². The fourth-order valence-electron chi connectivity index (χ4n) is 2.80. The lowest BCUT2D eigenvalue weighted by molar-refractivity contribution is 0.0640. The number of fused-ring (bicyclic) bond motifs is 2. The van der Waals surface area contributed by atoms with Crippen molar-refractivity contribution in [1.29, 1.82) is 0 Å². The number of hydrogen-bond acceptors (Lipinski definition) is 3. The third-order valence-electron chi connectivity index (χ3n) is 3.94. The average molecular weight is 323 g/mol. The minimum atomic E-state index is -0.294. The Morgan fingerprint density at radius 2 is 1.65 bits per heavy atom. The number of pyridine rings is 1. The van der Waals surface area contributed by atoms with Crippen molar-refractivity contribution >= 4 is 34.2 Å². The number of halogens is 1. The molecule has 0 fully saturated rings. The highest BCUT2D eigenvalue weighted by molar-refractivity contribution is 6.31. The molecule has 2 amide bonds. The summed E-state index contributed by atoms with van der Waals surface area (Å²) in [6, 6.07) is 14.3. The molecular formula is C18H11ClN2O2. The summed E-state index contributed by atoms with van der Waals surface area (Å²) in [5.41, 5.74) is 1.52.